The molecule has 0 unspecified atom stereocenters. The maximum atomic E-state index is 13.7. The number of hydrogen-bond acceptors (Lipinski definition) is 4. The van der Waals surface area contributed by atoms with Gasteiger partial charge in [0, 0.05) is 10.7 Å². The van der Waals surface area contributed by atoms with E-state index >= 15 is 0 Å². The summed E-state index contributed by atoms with van der Waals surface area (Å²) < 4.78 is 14.2. The van der Waals surface area contributed by atoms with Crippen molar-refractivity contribution in [2.75, 3.05) is 5.32 Å². The maximum Gasteiger partial charge on any atom is 0.339 e. The summed E-state index contributed by atoms with van der Waals surface area (Å²) in [7, 11) is 0. The van der Waals surface area contributed by atoms with Crippen LogP contribution in [0.3, 0.4) is 0 Å². The number of carboxylic acids is 1. The first-order chi connectivity index (χ1) is 9.51. The van der Waals surface area contributed by atoms with E-state index in [9.17, 15) is 9.18 Å². The topological polar surface area (TPSA) is 86.0 Å². The summed E-state index contributed by atoms with van der Waals surface area (Å²) in [6, 6.07) is 7.00. The summed E-state index contributed by atoms with van der Waals surface area (Å²) in [6.45, 7) is 0. The van der Waals surface area contributed by atoms with Crippen molar-refractivity contribution in [1.29, 1.82) is 5.26 Å². The third-order valence-corrected chi connectivity index (χ3v) is 2.87. The fraction of sp³-hybridized carbons (Fsp3) is 0. The zero-order valence-electron chi connectivity index (χ0n) is 9.89. The van der Waals surface area contributed by atoms with Crippen LogP contribution in [0.25, 0.3) is 0 Å². The molecule has 0 saturated heterocycles. The van der Waals surface area contributed by atoms with Gasteiger partial charge in [-0.05, 0) is 40.2 Å². The van der Waals surface area contributed by atoms with Gasteiger partial charge in [-0.25, -0.2) is 14.2 Å². The lowest BCUT2D eigenvalue weighted by molar-refractivity contribution is 0.0697. The molecule has 2 aromatic rings. The van der Waals surface area contributed by atoms with Gasteiger partial charge in [-0.3, -0.25) is 0 Å². The van der Waals surface area contributed by atoms with E-state index in [2.05, 4.69) is 26.2 Å². The molecule has 0 aliphatic rings. The van der Waals surface area contributed by atoms with Crippen LogP contribution in [-0.2, 0) is 0 Å². The first-order valence-corrected chi connectivity index (χ1v) is 6.16. The Bertz CT molecular complexity index is 728. The zero-order valence-corrected chi connectivity index (χ0v) is 11.5. The Morgan fingerprint density at radius 3 is 2.80 bits per heavy atom. The molecule has 0 amide bonds. The molecule has 0 aliphatic carbocycles. The van der Waals surface area contributed by atoms with Gasteiger partial charge in [0.05, 0.1) is 17.3 Å². The van der Waals surface area contributed by atoms with Gasteiger partial charge in [0.25, 0.3) is 0 Å². The maximum absolute atomic E-state index is 13.7. The Labute approximate surface area is 121 Å². The molecule has 100 valence electrons. The quantitative estimate of drug-likeness (QED) is 0.898. The van der Waals surface area contributed by atoms with Gasteiger partial charge >= 0.3 is 5.97 Å². The lowest BCUT2D eigenvalue weighted by Crippen LogP contribution is -2.05. The minimum Gasteiger partial charge on any atom is -0.478 e. The molecule has 1 aromatic heterocycles. The molecule has 20 heavy (non-hydrogen) atoms. The summed E-state index contributed by atoms with van der Waals surface area (Å²) in [5.74, 6) is -1.83. The van der Waals surface area contributed by atoms with Gasteiger partial charge in [-0.1, -0.05) is 0 Å². The van der Waals surface area contributed by atoms with Crippen molar-refractivity contribution >= 4 is 33.4 Å². The molecule has 1 heterocycles. The van der Waals surface area contributed by atoms with Crippen LogP contribution in [-0.4, -0.2) is 16.1 Å². The summed E-state index contributed by atoms with van der Waals surface area (Å²) in [6.07, 6.45) is 1.40. The molecule has 5 nitrogen and oxygen atoms in total. The number of aromatic carboxylic acids is 1. The normalized spacial score (nSPS) is 9.85. The lowest BCUT2D eigenvalue weighted by atomic mass is 10.2. The summed E-state index contributed by atoms with van der Waals surface area (Å²) in [4.78, 5) is 15.0. The van der Waals surface area contributed by atoms with E-state index in [4.69, 9.17) is 10.4 Å². The van der Waals surface area contributed by atoms with E-state index in [1.165, 1.54) is 24.4 Å². The van der Waals surface area contributed by atoms with E-state index in [1.807, 2.05) is 6.07 Å². The predicted octanol–water partition coefficient (Wildman–Crippen LogP) is 3.30. The van der Waals surface area contributed by atoms with Crippen LogP contribution in [0.4, 0.5) is 15.9 Å². The Kier molecular flexibility index (Phi) is 3.96. The van der Waals surface area contributed by atoms with Crippen molar-refractivity contribution in [3.63, 3.8) is 0 Å². The Hall–Kier alpha value is -2.46. The van der Waals surface area contributed by atoms with Crippen molar-refractivity contribution < 1.29 is 14.3 Å². The van der Waals surface area contributed by atoms with Crippen LogP contribution in [0, 0.1) is 17.1 Å². The standard InChI is InChI=1S/C13H7BrFN3O2/c14-8-4-9(13(19)20)12(17-6-8)18-11-2-1-7(5-16)3-10(11)15/h1-4,6H,(H,17,18)(H,19,20). The molecule has 2 N–H and O–H groups in total. The van der Waals surface area contributed by atoms with Gasteiger partial charge in [0.1, 0.15) is 17.2 Å². The molecule has 2 rings (SSSR count). The first kappa shape index (κ1) is 14.0. The van der Waals surface area contributed by atoms with Crippen LogP contribution < -0.4 is 5.32 Å². The number of nitrogens with one attached hydrogen (secondary N) is 1. The number of benzene rings is 1. The monoisotopic (exact) mass is 335 g/mol. The predicted molar refractivity (Wildman–Crippen MR) is 73.3 cm³/mol. The number of pyridine rings is 1. The number of nitrogens with zero attached hydrogens (tertiary/aromatic N) is 2. The van der Waals surface area contributed by atoms with Crippen molar-refractivity contribution in [3.05, 3.63) is 51.9 Å². The number of anilines is 2. The van der Waals surface area contributed by atoms with E-state index in [-0.39, 0.29) is 22.6 Å². The minimum atomic E-state index is -1.18. The number of nitriles is 1. The van der Waals surface area contributed by atoms with Gasteiger partial charge in [-0.15, -0.1) is 0 Å². The van der Waals surface area contributed by atoms with Crippen LogP contribution in [0.15, 0.2) is 34.9 Å². The lowest BCUT2D eigenvalue weighted by Gasteiger charge is -2.09. The highest BCUT2D eigenvalue weighted by atomic mass is 79.9. The Morgan fingerprint density at radius 2 is 2.20 bits per heavy atom. The van der Waals surface area contributed by atoms with Crippen molar-refractivity contribution in [3.8, 4) is 6.07 Å². The van der Waals surface area contributed by atoms with E-state index in [1.54, 1.807) is 0 Å². The minimum absolute atomic E-state index is 0.0179. The average molecular weight is 336 g/mol. The highest BCUT2D eigenvalue weighted by molar-refractivity contribution is 9.10. The molecule has 0 aliphatic heterocycles. The Morgan fingerprint density at radius 1 is 1.45 bits per heavy atom. The molecule has 0 radical (unpaired) electrons. The van der Waals surface area contributed by atoms with E-state index in [0.29, 0.717) is 4.47 Å². The summed E-state index contributed by atoms with van der Waals surface area (Å²) in [5.41, 5.74) is 0.125. The molecule has 0 saturated carbocycles. The third-order valence-electron chi connectivity index (χ3n) is 2.44. The number of carboxylic acid groups (broad SMARTS) is 1. The number of aromatic nitrogens is 1. The largest absolute Gasteiger partial charge is 0.478 e. The van der Waals surface area contributed by atoms with E-state index in [0.717, 1.165) is 6.07 Å². The summed E-state index contributed by atoms with van der Waals surface area (Å²) >= 11 is 3.12. The third kappa shape index (κ3) is 2.92. The number of halogens is 2. The number of rotatable bonds is 3. The molecule has 7 heteroatoms. The molecular formula is C13H7BrFN3O2. The molecular weight excluding hydrogens is 329 g/mol. The van der Waals surface area contributed by atoms with Crippen LogP contribution in [0.5, 0.6) is 0 Å². The van der Waals surface area contributed by atoms with Gasteiger partial charge in [-0.2, -0.15) is 5.26 Å². The highest BCUT2D eigenvalue weighted by Crippen LogP contribution is 2.24. The second kappa shape index (κ2) is 5.67. The van der Waals surface area contributed by atoms with Gasteiger partial charge in [0.2, 0.25) is 0 Å². The van der Waals surface area contributed by atoms with Crippen LogP contribution >= 0.6 is 15.9 Å². The first-order valence-electron chi connectivity index (χ1n) is 5.37. The molecule has 0 spiro atoms. The van der Waals surface area contributed by atoms with Crippen LogP contribution in [0.2, 0.25) is 0 Å². The molecule has 1 aromatic carbocycles. The van der Waals surface area contributed by atoms with Crippen molar-refractivity contribution in [2.45, 2.75) is 0 Å². The van der Waals surface area contributed by atoms with Gasteiger partial charge in [0.15, 0.2) is 0 Å². The van der Waals surface area contributed by atoms with Crippen molar-refractivity contribution in [1.82, 2.24) is 4.98 Å². The van der Waals surface area contributed by atoms with Gasteiger partial charge < -0.3 is 10.4 Å². The molecule has 0 bridgehead atoms. The number of hydrogen-bond donors (Lipinski definition) is 2. The van der Waals surface area contributed by atoms with E-state index < -0.39 is 11.8 Å². The zero-order chi connectivity index (χ0) is 14.7. The van der Waals surface area contributed by atoms with Crippen LogP contribution in [0.1, 0.15) is 15.9 Å². The average Bonchev–Trinajstić information content (AvgIpc) is 2.42. The highest BCUT2D eigenvalue weighted by Gasteiger charge is 2.14. The second-order valence-corrected chi connectivity index (χ2v) is 4.70. The van der Waals surface area contributed by atoms with Crippen molar-refractivity contribution in [2.24, 2.45) is 0 Å². The molecule has 0 fully saturated rings. The SMILES string of the molecule is N#Cc1ccc(Nc2ncc(Br)cc2C(=O)O)c(F)c1. The fourth-order valence-electron chi connectivity index (χ4n) is 1.52. The Balaban J connectivity index is 2.40. The summed E-state index contributed by atoms with van der Waals surface area (Å²) in [5, 5.41) is 20.3. The number of carbonyl (C=O) groups is 1. The fourth-order valence-corrected chi connectivity index (χ4v) is 1.85. The smallest absolute Gasteiger partial charge is 0.339 e. The molecule has 0 atom stereocenters. The second-order valence-electron chi connectivity index (χ2n) is 3.79.